The van der Waals surface area contributed by atoms with E-state index in [-0.39, 0.29) is 5.91 Å². The van der Waals surface area contributed by atoms with Crippen molar-refractivity contribution in [3.05, 3.63) is 35.4 Å². The number of benzene rings is 1. The van der Waals surface area contributed by atoms with Gasteiger partial charge in [-0.15, -0.1) is 0 Å². The number of hydrogen-bond donors (Lipinski definition) is 2. The molecule has 0 bridgehead atoms. The molecule has 1 saturated heterocycles. The van der Waals surface area contributed by atoms with E-state index in [2.05, 4.69) is 29.3 Å². The van der Waals surface area contributed by atoms with E-state index in [4.69, 9.17) is 5.73 Å². The fraction of sp³-hybridized carbons (Fsp3) is 0.533. The Bertz CT molecular complexity index is 425. The Morgan fingerprint density at radius 2 is 2.05 bits per heavy atom. The maximum absolute atomic E-state index is 11.9. The fourth-order valence-electron chi connectivity index (χ4n) is 2.37. The van der Waals surface area contributed by atoms with E-state index >= 15 is 0 Å². The van der Waals surface area contributed by atoms with Crippen molar-refractivity contribution in [2.75, 3.05) is 19.6 Å². The maximum Gasteiger partial charge on any atom is 0.234 e. The largest absolute Gasteiger partial charge is 0.351 e. The van der Waals surface area contributed by atoms with Gasteiger partial charge in [0.1, 0.15) is 0 Å². The Kier molecular flexibility index (Phi) is 4.93. The average Bonchev–Trinajstić information content (AvgIpc) is 2.40. The van der Waals surface area contributed by atoms with Crippen LogP contribution in [-0.2, 0) is 11.3 Å². The number of nitrogens with one attached hydrogen (secondary N) is 1. The molecular weight excluding hydrogens is 238 g/mol. The molecule has 4 heteroatoms. The highest BCUT2D eigenvalue weighted by Crippen LogP contribution is 2.08. The van der Waals surface area contributed by atoms with Gasteiger partial charge in [-0.3, -0.25) is 9.69 Å². The molecule has 0 aromatic heterocycles. The Morgan fingerprint density at radius 3 is 2.74 bits per heavy atom. The quantitative estimate of drug-likeness (QED) is 0.851. The van der Waals surface area contributed by atoms with E-state index in [0.29, 0.717) is 19.1 Å². The minimum Gasteiger partial charge on any atom is -0.351 e. The van der Waals surface area contributed by atoms with Gasteiger partial charge in [0, 0.05) is 25.7 Å². The van der Waals surface area contributed by atoms with Crippen molar-refractivity contribution in [1.29, 1.82) is 0 Å². The normalized spacial score (nSPS) is 17.4. The molecule has 3 N–H and O–H groups in total. The third-order valence-corrected chi connectivity index (χ3v) is 3.74. The molecule has 19 heavy (non-hydrogen) atoms. The molecule has 1 aromatic carbocycles. The van der Waals surface area contributed by atoms with Crippen LogP contribution in [0.15, 0.2) is 24.3 Å². The van der Waals surface area contributed by atoms with E-state index in [1.54, 1.807) is 0 Å². The van der Waals surface area contributed by atoms with E-state index in [9.17, 15) is 4.79 Å². The lowest BCUT2D eigenvalue weighted by atomic mass is 10.1. The summed E-state index contributed by atoms with van der Waals surface area (Å²) in [7, 11) is 0. The van der Waals surface area contributed by atoms with Gasteiger partial charge in [-0.05, 0) is 30.9 Å². The van der Waals surface area contributed by atoms with Crippen LogP contribution < -0.4 is 11.1 Å². The minimum atomic E-state index is 0.0960. The second kappa shape index (κ2) is 6.68. The van der Waals surface area contributed by atoms with Gasteiger partial charge < -0.3 is 11.1 Å². The molecule has 0 saturated carbocycles. The first-order valence-electron chi connectivity index (χ1n) is 6.94. The summed E-state index contributed by atoms with van der Waals surface area (Å²) in [6, 6.07) is 8.44. The van der Waals surface area contributed by atoms with Crippen LogP contribution >= 0.6 is 0 Å². The lowest BCUT2D eigenvalue weighted by Crippen LogP contribution is -2.44. The van der Waals surface area contributed by atoms with Crippen molar-refractivity contribution in [3.8, 4) is 0 Å². The van der Waals surface area contributed by atoms with Gasteiger partial charge >= 0.3 is 0 Å². The lowest BCUT2D eigenvalue weighted by Gasteiger charge is -2.29. The van der Waals surface area contributed by atoms with Crippen LogP contribution in [0.4, 0.5) is 0 Å². The highest BCUT2D eigenvalue weighted by Gasteiger charge is 2.17. The first-order valence-corrected chi connectivity index (χ1v) is 6.94. The standard InChI is InChI=1S/C15H23N3O/c1-12-4-2-3-5-13(12)10-17-15(19)11-18-8-6-14(16)7-9-18/h2-5,14H,6-11,16H2,1H3,(H,17,19). The number of aryl methyl sites for hydroxylation is 1. The predicted molar refractivity (Wildman–Crippen MR) is 76.7 cm³/mol. The van der Waals surface area contributed by atoms with Gasteiger partial charge in [0.05, 0.1) is 6.54 Å². The molecule has 0 radical (unpaired) electrons. The van der Waals surface area contributed by atoms with Gasteiger partial charge in [0.25, 0.3) is 0 Å². The van der Waals surface area contributed by atoms with Crippen molar-refractivity contribution in [1.82, 2.24) is 10.2 Å². The van der Waals surface area contributed by atoms with E-state index in [1.807, 2.05) is 12.1 Å². The van der Waals surface area contributed by atoms with Crippen LogP contribution in [0.1, 0.15) is 24.0 Å². The van der Waals surface area contributed by atoms with Crippen molar-refractivity contribution >= 4 is 5.91 Å². The predicted octanol–water partition coefficient (Wildman–Crippen LogP) is 1.03. The van der Waals surface area contributed by atoms with Crippen LogP contribution in [0.3, 0.4) is 0 Å². The Morgan fingerprint density at radius 1 is 1.37 bits per heavy atom. The zero-order valence-corrected chi connectivity index (χ0v) is 11.6. The second-order valence-corrected chi connectivity index (χ2v) is 5.32. The van der Waals surface area contributed by atoms with Crippen LogP contribution in [-0.4, -0.2) is 36.5 Å². The summed E-state index contributed by atoms with van der Waals surface area (Å²) in [6.07, 6.45) is 1.98. The number of rotatable bonds is 4. The molecule has 1 aromatic rings. The number of carbonyl (C=O) groups excluding carboxylic acids is 1. The van der Waals surface area contributed by atoms with Crippen LogP contribution in [0.25, 0.3) is 0 Å². The highest BCUT2D eigenvalue weighted by atomic mass is 16.2. The third-order valence-electron chi connectivity index (χ3n) is 3.74. The zero-order chi connectivity index (χ0) is 13.7. The van der Waals surface area contributed by atoms with Crippen molar-refractivity contribution < 1.29 is 4.79 Å². The number of hydrogen-bond acceptors (Lipinski definition) is 3. The SMILES string of the molecule is Cc1ccccc1CNC(=O)CN1CCC(N)CC1. The Hall–Kier alpha value is -1.39. The van der Waals surface area contributed by atoms with Crippen LogP contribution in [0.5, 0.6) is 0 Å². The van der Waals surface area contributed by atoms with Crippen LogP contribution in [0.2, 0.25) is 0 Å². The van der Waals surface area contributed by atoms with Gasteiger partial charge in [-0.25, -0.2) is 0 Å². The van der Waals surface area contributed by atoms with E-state index in [1.165, 1.54) is 11.1 Å². The molecule has 0 aliphatic carbocycles. The number of carbonyl (C=O) groups is 1. The summed E-state index contributed by atoms with van der Waals surface area (Å²) in [6.45, 7) is 5.02. The summed E-state index contributed by atoms with van der Waals surface area (Å²) in [5.41, 5.74) is 8.24. The molecule has 104 valence electrons. The van der Waals surface area contributed by atoms with Gasteiger partial charge in [0.2, 0.25) is 5.91 Å². The number of piperidine rings is 1. The third kappa shape index (κ3) is 4.33. The molecule has 0 atom stereocenters. The Labute approximate surface area is 115 Å². The summed E-state index contributed by atoms with van der Waals surface area (Å²) < 4.78 is 0. The second-order valence-electron chi connectivity index (χ2n) is 5.32. The van der Waals surface area contributed by atoms with Crippen molar-refractivity contribution in [3.63, 3.8) is 0 Å². The molecule has 1 aliphatic heterocycles. The monoisotopic (exact) mass is 261 g/mol. The number of amides is 1. The Balaban J connectivity index is 1.74. The maximum atomic E-state index is 11.9. The van der Waals surface area contributed by atoms with E-state index < -0.39 is 0 Å². The first-order chi connectivity index (χ1) is 9.15. The van der Waals surface area contributed by atoms with Gasteiger partial charge in [-0.2, -0.15) is 0 Å². The molecular formula is C15H23N3O. The first kappa shape index (κ1) is 14.0. The molecule has 4 nitrogen and oxygen atoms in total. The smallest absolute Gasteiger partial charge is 0.234 e. The summed E-state index contributed by atoms with van der Waals surface area (Å²) in [4.78, 5) is 14.1. The molecule has 1 heterocycles. The zero-order valence-electron chi connectivity index (χ0n) is 11.6. The molecule has 0 unspecified atom stereocenters. The average molecular weight is 261 g/mol. The molecule has 1 aliphatic rings. The lowest BCUT2D eigenvalue weighted by molar-refractivity contribution is -0.122. The number of nitrogens with two attached hydrogens (primary N) is 1. The van der Waals surface area contributed by atoms with Crippen molar-refractivity contribution in [2.45, 2.75) is 32.4 Å². The summed E-state index contributed by atoms with van der Waals surface area (Å²) in [5.74, 6) is 0.0960. The molecule has 0 spiro atoms. The fourth-order valence-corrected chi connectivity index (χ4v) is 2.37. The molecule has 1 amide bonds. The van der Waals surface area contributed by atoms with Crippen LogP contribution in [0, 0.1) is 6.92 Å². The summed E-state index contributed by atoms with van der Waals surface area (Å²) in [5, 5.41) is 2.99. The minimum absolute atomic E-state index is 0.0960. The van der Waals surface area contributed by atoms with Gasteiger partial charge in [-0.1, -0.05) is 24.3 Å². The van der Waals surface area contributed by atoms with E-state index in [0.717, 1.165) is 25.9 Å². The number of nitrogens with zero attached hydrogens (tertiary/aromatic N) is 1. The topological polar surface area (TPSA) is 58.4 Å². The molecule has 2 rings (SSSR count). The highest BCUT2D eigenvalue weighted by molar-refractivity contribution is 5.78. The molecule has 1 fully saturated rings. The van der Waals surface area contributed by atoms with Crippen molar-refractivity contribution in [2.24, 2.45) is 5.73 Å². The van der Waals surface area contributed by atoms with Gasteiger partial charge in [0.15, 0.2) is 0 Å². The summed E-state index contributed by atoms with van der Waals surface area (Å²) >= 11 is 0. The number of likely N-dealkylation sites (tertiary alicyclic amines) is 1.